The first-order valence-corrected chi connectivity index (χ1v) is 15.7. The van der Waals surface area contributed by atoms with E-state index in [1.54, 1.807) is 0 Å². The number of likely N-dealkylation sites (tertiary alicyclic amines) is 1. The third-order valence-electron chi connectivity index (χ3n) is 8.74. The van der Waals surface area contributed by atoms with Crippen molar-refractivity contribution in [3.63, 3.8) is 0 Å². The van der Waals surface area contributed by atoms with Crippen LogP contribution in [0.2, 0.25) is 0 Å². The number of carbonyl (C=O) groups is 1. The molecule has 0 spiro atoms. The molecule has 1 aliphatic heterocycles. The van der Waals surface area contributed by atoms with Gasteiger partial charge in [-0.25, -0.2) is 0 Å². The summed E-state index contributed by atoms with van der Waals surface area (Å²) in [5, 5.41) is 0. The molecular formula is C35H49N3O. The Kier molecular flexibility index (Phi) is 11.9. The molecule has 0 radical (unpaired) electrons. The minimum Gasteiger partial charge on any atom is -0.335 e. The summed E-state index contributed by atoms with van der Waals surface area (Å²) >= 11 is 0. The quantitative estimate of drug-likeness (QED) is 0.223. The zero-order chi connectivity index (χ0) is 27.3. The van der Waals surface area contributed by atoms with E-state index in [9.17, 15) is 4.79 Å². The molecule has 4 nitrogen and oxygen atoms in total. The van der Waals surface area contributed by atoms with Gasteiger partial charge in [0.1, 0.15) is 0 Å². The minimum absolute atomic E-state index is 0.190. The summed E-state index contributed by atoms with van der Waals surface area (Å²) in [5.41, 5.74) is 3.58. The summed E-state index contributed by atoms with van der Waals surface area (Å²) < 4.78 is 0. The lowest BCUT2D eigenvalue weighted by atomic mass is 9.79. The van der Waals surface area contributed by atoms with Gasteiger partial charge in [-0.2, -0.15) is 0 Å². The molecule has 4 rings (SSSR count). The highest BCUT2D eigenvalue weighted by Gasteiger charge is 2.34. The molecule has 0 atom stereocenters. The van der Waals surface area contributed by atoms with Gasteiger partial charge in [-0.15, -0.1) is 0 Å². The highest BCUT2D eigenvalue weighted by molar-refractivity contribution is 5.79. The van der Waals surface area contributed by atoms with E-state index in [2.05, 4.69) is 76.9 Å². The van der Waals surface area contributed by atoms with Crippen molar-refractivity contribution in [2.45, 2.75) is 110 Å². The molecule has 1 saturated heterocycles. The molecule has 1 aromatic carbocycles. The fraction of sp³-hybridized carbons (Fsp3) is 0.600. The van der Waals surface area contributed by atoms with Gasteiger partial charge in [0.15, 0.2) is 0 Å². The average molecular weight is 528 g/mol. The molecule has 2 aliphatic rings. The van der Waals surface area contributed by atoms with E-state index in [1.807, 2.05) is 12.4 Å². The van der Waals surface area contributed by atoms with Crippen molar-refractivity contribution in [2.75, 3.05) is 13.1 Å². The van der Waals surface area contributed by atoms with Crippen LogP contribution in [-0.2, 0) is 17.9 Å². The molecule has 4 heteroatoms. The van der Waals surface area contributed by atoms with Crippen LogP contribution in [0.5, 0.6) is 0 Å². The van der Waals surface area contributed by atoms with Crippen LogP contribution in [0.3, 0.4) is 0 Å². The van der Waals surface area contributed by atoms with Gasteiger partial charge >= 0.3 is 0 Å². The molecule has 1 aromatic heterocycles. The molecule has 0 bridgehead atoms. The number of nitrogens with zero attached hydrogens (tertiary/aromatic N) is 3. The number of piperidine rings is 1. The van der Waals surface area contributed by atoms with E-state index in [1.165, 1.54) is 49.7 Å². The highest BCUT2D eigenvalue weighted by Crippen LogP contribution is 2.34. The maximum atomic E-state index is 14.1. The van der Waals surface area contributed by atoms with Gasteiger partial charge in [0, 0.05) is 62.5 Å². The fourth-order valence-electron chi connectivity index (χ4n) is 6.37. The van der Waals surface area contributed by atoms with Crippen LogP contribution >= 0.6 is 0 Å². The Balaban J connectivity index is 1.42. The second-order valence-electron chi connectivity index (χ2n) is 11.8. The molecule has 2 fully saturated rings. The number of hydrogen-bond acceptors (Lipinski definition) is 3. The number of aromatic nitrogens is 1. The second kappa shape index (κ2) is 15.8. The number of benzene rings is 1. The average Bonchev–Trinajstić information content (AvgIpc) is 2.98. The van der Waals surface area contributed by atoms with Crippen molar-refractivity contribution in [3.05, 3.63) is 65.5 Å². The topological polar surface area (TPSA) is 36.4 Å². The molecule has 2 aromatic rings. The van der Waals surface area contributed by atoms with Crippen molar-refractivity contribution in [1.82, 2.24) is 14.8 Å². The summed E-state index contributed by atoms with van der Waals surface area (Å²) in [6.45, 7) is 8.17. The molecule has 39 heavy (non-hydrogen) atoms. The third kappa shape index (κ3) is 9.21. The Morgan fingerprint density at radius 1 is 0.949 bits per heavy atom. The van der Waals surface area contributed by atoms with Gasteiger partial charge in [-0.05, 0) is 86.3 Å². The number of carbonyl (C=O) groups excluding carboxylic acids is 1. The predicted molar refractivity (Wildman–Crippen MR) is 161 cm³/mol. The lowest BCUT2D eigenvalue weighted by Crippen LogP contribution is -2.49. The summed E-state index contributed by atoms with van der Waals surface area (Å²) in [7, 11) is 0. The lowest BCUT2D eigenvalue weighted by molar-refractivity contribution is -0.141. The Morgan fingerprint density at radius 3 is 2.44 bits per heavy atom. The van der Waals surface area contributed by atoms with Crippen LogP contribution in [0.1, 0.15) is 108 Å². The molecule has 1 aliphatic carbocycles. The third-order valence-corrected chi connectivity index (χ3v) is 8.74. The number of amides is 1. The molecule has 0 N–H and O–H groups in total. The maximum absolute atomic E-state index is 14.1. The van der Waals surface area contributed by atoms with Crippen molar-refractivity contribution < 1.29 is 4.79 Å². The largest absolute Gasteiger partial charge is 0.335 e. The summed E-state index contributed by atoms with van der Waals surface area (Å²) in [4.78, 5) is 23.1. The van der Waals surface area contributed by atoms with Gasteiger partial charge < -0.3 is 4.90 Å². The lowest BCUT2D eigenvalue weighted by Gasteiger charge is -2.41. The molecule has 0 unspecified atom stereocenters. The standard InChI is InChI=1S/C35H49N3O/c1-3-5-7-10-29-14-16-33(17-15-29)35(39)38(28-32-13-9-12-30(26-32)11-8-6-4-2)34-20-24-37(25-21-34)27-31-18-22-36-23-19-31/h9,12-13,18-19,22-23,26,29,33-34H,3-7,10,14-17,20-21,24-25,27-28H2,1-2H3. The second-order valence-corrected chi connectivity index (χ2v) is 11.8. The summed E-state index contributed by atoms with van der Waals surface area (Å²) in [6.07, 6.45) is 17.7. The summed E-state index contributed by atoms with van der Waals surface area (Å²) in [5.74, 6) is 8.01. The zero-order valence-electron chi connectivity index (χ0n) is 24.4. The molecule has 1 amide bonds. The number of rotatable bonds is 11. The van der Waals surface area contributed by atoms with Crippen molar-refractivity contribution in [3.8, 4) is 11.8 Å². The first kappa shape index (κ1) is 29.3. The Labute approximate surface area is 237 Å². The van der Waals surface area contributed by atoms with Crippen molar-refractivity contribution in [1.29, 1.82) is 0 Å². The van der Waals surface area contributed by atoms with Gasteiger partial charge in [0.25, 0.3) is 0 Å². The summed E-state index contributed by atoms with van der Waals surface area (Å²) in [6, 6.07) is 13.1. The van der Waals surface area contributed by atoms with Gasteiger partial charge in [-0.3, -0.25) is 14.7 Å². The van der Waals surface area contributed by atoms with Crippen LogP contribution in [0.25, 0.3) is 0 Å². The zero-order valence-corrected chi connectivity index (χ0v) is 24.4. The van der Waals surface area contributed by atoms with Crippen LogP contribution in [0, 0.1) is 23.7 Å². The van der Waals surface area contributed by atoms with Gasteiger partial charge in [0.05, 0.1) is 0 Å². The fourth-order valence-corrected chi connectivity index (χ4v) is 6.37. The monoisotopic (exact) mass is 527 g/mol. The number of unbranched alkanes of at least 4 members (excludes halogenated alkanes) is 3. The van der Waals surface area contributed by atoms with Crippen LogP contribution in [0.4, 0.5) is 0 Å². The molecule has 1 saturated carbocycles. The number of hydrogen-bond donors (Lipinski definition) is 0. The van der Waals surface area contributed by atoms with E-state index in [0.29, 0.717) is 18.5 Å². The van der Waals surface area contributed by atoms with E-state index in [-0.39, 0.29) is 5.92 Å². The van der Waals surface area contributed by atoms with E-state index in [4.69, 9.17) is 0 Å². The van der Waals surface area contributed by atoms with Crippen LogP contribution < -0.4 is 0 Å². The normalized spacial score (nSPS) is 20.3. The van der Waals surface area contributed by atoms with E-state index < -0.39 is 0 Å². The van der Waals surface area contributed by atoms with Gasteiger partial charge in [-0.1, -0.05) is 63.5 Å². The number of pyridine rings is 1. The smallest absolute Gasteiger partial charge is 0.226 e. The van der Waals surface area contributed by atoms with Crippen LogP contribution in [-0.4, -0.2) is 39.8 Å². The van der Waals surface area contributed by atoms with Gasteiger partial charge in [0.2, 0.25) is 5.91 Å². The Morgan fingerprint density at radius 2 is 1.72 bits per heavy atom. The minimum atomic E-state index is 0.190. The molecule has 2 heterocycles. The molecular weight excluding hydrogens is 478 g/mol. The predicted octanol–water partition coefficient (Wildman–Crippen LogP) is 7.61. The Bertz CT molecular complexity index is 1060. The maximum Gasteiger partial charge on any atom is 0.226 e. The van der Waals surface area contributed by atoms with Crippen molar-refractivity contribution >= 4 is 5.91 Å². The highest BCUT2D eigenvalue weighted by atomic mass is 16.2. The molecule has 210 valence electrons. The SMILES string of the molecule is CCCC#Cc1cccc(CN(C(=O)C2CCC(CCCCC)CC2)C2CCN(Cc3ccncc3)CC2)c1. The Hall–Kier alpha value is -2.64. The van der Waals surface area contributed by atoms with E-state index >= 15 is 0 Å². The van der Waals surface area contributed by atoms with Crippen LogP contribution in [0.15, 0.2) is 48.8 Å². The van der Waals surface area contributed by atoms with Crippen molar-refractivity contribution in [2.24, 2.45) is 11.8 Å². The first-order chi connectivity index (χ1) is 19.2. The first-order valence-electron chi connectivity index (χ1n) is 15.7. The van der Waals surface area contributed by atoms with E-state index in [0.717, 1.165) is 69.6 Å².